The number of hydrogen-bond donors (Lipinski definition) is 0. The lowest BCUT2D eigenvalue weighted by Gasteiger charge is -2.37. The van der Waals surface area contributed by atoms with Crippen LogP contribution >= 0.6 is 7.59 Å². The first-order valence-corrected chi connectivity index (χ1v) is 20.2. The Labute approximate surface area is 312 Å². The Hall–Kier alpha value is -6.29. The molecule has 0 fully saturated rings. The van der Waals surface area contributed by atoms with E-state index in [-0.39, 0.29) is 0 Å². The van der Waals surface area contributed by atoms with E-state index in [4.69, 9.17) is 0 Å². The minimum Gasteiger partial charge on any atom is -0.294 e. The molecule has 54 heavy (non-hydrogen) atoms. The van der Waals surface area contributed by atoms with Crippen LogP contribution in [0.1, 0.15) is 56.0 Å². The molecule has 8 heterocycles. The molecule has 0 spiro atoms. The maximum absolute atomic E-state index is 17.3. The van der Waals surface area contributed by atoms with Crippen molar-refractivity contribution in [3.05, 3.63) is 212 Å². The quantitative estimate of drug-likeness (QED) is 0.168. The molecule has 0 N–H and O–H groups in total. The molecule has 5 nitrogen and oxygen atoms in total. The maximum atomic E-state index is 17.3. The number of benzene rings is 4. The third-order valence-corrected chi connectivity index (χ3v) is 14.8. The molecule has 5 aromatic heterocycles. The van der Waals surface area contributed by atoms with Crippen molar-refractivity contribution in [1.29, 1.82) is 0 Å². The monoisotopic (exact) mass is 714 g/mol. The van der Waals surface area contributed by atoms with Crippen molar-refractivity contribution in [2.24, 2.45) is 0 Å². The van der Waals surface area contributed by atoms with Crippen LogP contribution in [-0.4, -0.2) is 17.4 Å². The van der Waals surface area contributed by atoms with Crippen LogP contribution < -0.4 is 16.0 Å². The van der Waals surface area contributed by atoms with Gasteiger partial charge in [-0.25, -0.2) is 8.90 Å². The van der Waals surface area contributed by atoms with Crippen LogP contribution in [-0.2, 0) is 4.57 Å². The van der Waals surface area contributed by atoms with E-state index in [2.05, 4.69) is 185 Å². The summed E-state index contributed by atoms with van der Waals surface area (Å²) in [7, 11) is -3.71. The summed E-state index contributed by atoms with van der Waals surface area (Å²) in [5.74, 6) is 0. The first-order valence-electron chi connectivity index (χ1n) is 18.6. The van der Waals surface area contributed by atoms with Crippen molar-refractivity contribution in [2.45, 2.75) is 27.7 Å². The van der Waals surface area contributed by atoms with Gasteiger partial charge in [-0.15, -0.1) is 0 Å². The highest BCUT2D eigenvalue weighted by Gasteiger charge is 2.47. The highest BCUT2D eigenvalue weighted by atomic mass is 31.2. The van der Waals surface area contributed by atoms with Gasteiger partial charge in [0.25, 0.3) is 0 Å². The smallest absolute Gasteiger partial charge is 0.294 e. The van der Waals surface area contributed by atoms with Gasteiger partial charge in [0.15, 0.2) is 0 Å². The zero-order valence-electron chi connectivity index (χ0n) is 30.4. The second-order valence-corrected chi connectivity index (χ2v) is 17.6. The second-order valence-electron chi connectivity index (χ2n) is 15.3. The van der Waals surface area contributed by atoms with Crippen LogP contribution in [0.25, 0.3) is 44.4 Å². The molecule has 1 atom stereocenters. The van der Waals surface area contributed by atoms with E-state index >= 15 is 4.57 Å². The van der Waals surface area contributed by atoms with Gasteiger partial charge < -0.3 is 0 Å². The van der Waals surface area contributed by atoms with Crippen molar-refractivity contribution in [1.82, 2.24) is 17.4 Å². The lowest BCUT2D eigenvalue weighted by atomic mass is 9.99. The van der Waals surface area contributed by atoms with Gasteiger partial charge in [-0.3, -0.25) is 13.1 Å². The molecule has 9 aromatic rings. The normalized spacial score (nSPS) is 16.6. The molecule has 0 radical (unpaired) electrons. The first-order chi connectivity index (χ1) is 26.3. The van der Waals surface area contributed by atoms with E-state index < -0.39 is 7.59 Å². The molecule has 12 rings (SSSR count). The summed E-state index contributed by atoms with van der Waals surface area (Å²) >= 11 is 0. The summed E-state index contributed by atoms with van der Waals surface area (Å²) in [5, 5.41) is 4.13. The van der Waals surface area contributed by atoms with Crippen molar-refractivity contribution >= 4 is 40.9 Å². The standard InChI is InChI=1S/C48H35N4OP/c1-28-5-13-32(14-6-28)44-36-27-43-47(35-19-11-31(4)12-20-35)42-26-25-41-46(34-17-9-30(3)10-18-34)40-24-23-39-45(33-15-7-29(2)8-16-33)38-22-21-37(44)49(38)48(36)52(43)54(53,50(39)40)51(41)42/h5-27H,1-4H3. The number of aryl methyl sites for hydroxylation is 4. The minimum absolute atomic E-state index is 0.947. The van der Waals surface area contributed by atoms with E-state index in [0.717, 1.165) is 94.2 Å². The van der Waals surface area contributed by atoms with Crippen molar-refractivity contribution < 1.29 is 4.57 Å². The number of hydrogen-bond acceptors (Lipinski definition) is 1. The van der Waals surface area contributed by atoms with E-state index in [1.807, 2.05) is 0 Å². The Morgan fingerprint density at radius 3 is 1.33 bits per heavy atom. The average molecular weight is 715 g/mol. The summed E-state index contributed by atoms with van der Waals surface area (Å²) in [4.78, 5) is 0. The van der Waals surface area contributed by atoms with Gasteiger partial charge in [0.2, 0.25) is 0 Å². The summed E-state index contributed by atoms with van der Waals surface area (Å²) < 4.78 is 26.3. The number of aromatic nitrogens is 4. The fourth-order valence-electron chi connectivity index (χ4n) is 9.43. The predicted octanol–water partition coefficient (Wildman–Crippen LogP) is 8.85. The van der Waals surface area contributed by atoms with Gasteiger partial charge in [0.1, 0.15) is 5.65 Å². The molecule has 3 aliphatic rings. The summed E-state index contributed by atoms with van der Waals surface area (Å²) in [6.07, 6.45) is 0. The van der Waals surface area contributed by atoms with E-state index in [1.54, 1.807) is 0 Å². The van der Waals surface area contributed by atoms with E-state index in [1.165, 1.54) is 22.3 Å². The molecule has 0 saturated carbocycles. The Kier molecular flexibility index (Phi) is 5.72. The average Bonchev–Trinajstić information content (AvgIpc) is 4.00. The van der Waals surface area contributed by atoms with Gasteiger partial charge in [-0.2, -0.15) is 0 Å². The summed E-state index contributed by atoms with van der Waals surface area (Å²) in [6, 6.07) is 50.9. The highest BCUT2D eigenvalue weighted by molar-refractivity contribution is 7.59. The lowest BCUT2D eigenvalue weighted by Crippen LogP contribution is -2.41. The third kappa shape index (κ3) is 3.63. The fourth-order valence-corrected chi connectivity index (χ4v) is 12.6. The topological polar surface area (TPSA) is 36.3 Å². The number of nitrogens with zero attached hydrogens (tertiary/aromatic N) is 4. The highest BCUT2D eigenvalue weighted by Crippen LogP contribution is 2.60. The molecular formula is C48H35N4OP. The first kappa shape index (κ1) is 30.2. The van der Waals surface area contributed by atoms with E-state index in [9.17, 15) is 0 Å². The lowest BCUT2D eigenvalue weighted by molar-refractivity contribution is 0.548. The SMILES string of the molecule is Cc1ccc(C2=c3ccc4n3P3(=O)n5c2ccc5C(c2ccc(C)cc2)=c2ccc5c(-c6ccc(C)cc6)c6cc(n3c6n25)C=4c2ccc(C)cc2)cc1. The Bertz CT molecular complexity index is 3350. The maximum Gasteiger partial charge on any atom is 0.375 e. The van der Waals surface area contributed by atoms with Crippen LogP contribution in [0.2, 0.25) is 0 Å². The van der Waals surface area contributed by atoms with Crippen LogP contribution in [0.15, 0.2) is 140 Å². The fraction of sp³-hybridized carbons (Fsp3) is 0.0833. The Morgan fingerprint density at radius 1 is 0.407 bits per heavy atom. The van der Waals surface area contributed by atoms with Gasteiger partial charge in [-0.05, 0) is 92.4 Å². The molecule has 6 heteroatoms. The molecule has 0 aliphatic carbocycles. The zero-order valence-corrected chi connectivity index (χ0v) is 31.3. The zero-order chi connectivity index (χ0) is 36.2. The van der Waals surface area contributed by atoms with E-state index in [0.29, 0.717) is 0 Å². The molecule has 1 unspecified atom stereocenters. The van der Waals surface area contributed by atoms with Crippen molar-refractivity contribution in [2.75, 3.05) is 0 Å². The molecule has 0 amide bonds. The summed E-state index contributed by atoms with van der Waals surface area (Å²) in [6.45, 7) is 8.52. The van der Waals surface area contributed by atoms with Gasteiger partial charge in [0.05, 0.1) is 38.6 Å². The van der Waals surface area contributed by atoms with Crippen LogP contribution in [0.3, 0.4) is 0 Å². The third-order valence-electron chi connectivity index (χ3n) is 12.0. The largest absolute Gasteiger partial charge is 0.375 e. The molecule has 3 aliphatic heterocycles. The van der Waals surface area contributed by atoms with Gasteiger partial charge in [-0.1, -0.05) is 119 Å². The molecular weight excluding hydrogens is 680 g/mol. The minimum atomic E-state index is -3.71. The molecule has 0 bridgehead atoms. The van der Waals surface area contributed by atoms with Crippen LogP contribution in [0.4, 0.5) is 0 Å². The number of rotatable bonds is 4. The van der Waals surface area contributed by atoms with Crippen LogP contribution in [0.5, 0.6) is 0 Å². The van der Waals surface area contributed by atoms with Gasteiger partial charge >= 0.3 is 7.59 Å². The van der Waals surface area contributed by atoms with Gasteiger partial charge in [0, 0.05) is 27.7 Å². The predicted molar refractivity (Wildman–Crippen MR) is 219 cm³/mol. The molecule has 0 saturated heterocycles. The summed E-state index contributed by atoms with van der Waals surface area (Å²) in [5.41, 5.74) is 18.7. The Balaban J connectivity index is 1.37. The second kappa shape index (κ2) is 10.2. The molecule has 258 valence electrons. The molecule has 4 aromatic carbocycles. The van der Waals surface area contributed by atoms with Crippen molar-refractivity contribution in [3.63, 3.8) is 0 Å². The van der Waals surface area contributed by atoms with Crippen molar-refractivity contribution in [3.8, 4) is 11.1 Å². The Morgan fingerprint density at radius 2 is 0.833 bits per heavy atom. The van der Waals surface area contributed by atoms with Crippen LogP contribution in [0, 0.1) is 27.7 Å².